The Morgan fingerprint density at radius 3 is 2.87 bits per heavy atom. The molecule has 0 aliphatic heterocycles. The Morgan fingerprint density at radius 2 is 2.13 bits per heavy atom. The van der Waals surface area contributed by atoms with Crippen molar-refractivity contribution in [1.29, 1.82) is 0 Å². The highest BCUT2D eigenvalue weighted by molar-refractivity contribution is 7.08. The topological polar surface area (TPSA) is 64.2 Å². The zero-order valence-corrected chi connectivity index (χ0v) is 13.3. The van der Waals surface area contributed by atoms with Crippen molar-refractivity contribution < 1.29 is 9.21 Å². The van der Waals surface area contributed by atoms with Gasteiger partial charge in [-0.25, -0.2) is 4.79 Å². The maximum absolute atomic E-state index is 12.2. The van der Waals surface area contributed by atoms with Crippen LogP contribution in [-0.4, -0.2) is 17.0 Å². The molecule has 0 spiro atoms. The van der Waals surface area contributed by atoms with Gasteiger partial charge in [-0.3, -0.25) is 9.36 Å². The normalized spacial score (nSPS) is 15.7. The quantitative estimate of drug-likeness (QED) is 0.783. The molecule has 6 heteroatoms. The summed E-state index contributed by atoms with van der Waals surface area (Å²) >= 11 is 1.68. The summed E-state index contributed by atoms with van der Waals surface area (Å²) in [6.07, 6.45) is 2.19. The SMILES string of the molecule is O=C(Cn1c(=O)oc2ccccc21)NCC1(c2ccsc2)CC1. The van der Waals surface area contributed by atoms with Crippen molar-refractivity contribution in [2.75, 3.05) is 6.54 Å². The molecule has 0 radical (unpaired) electrons. The predicted octanol–water partition coefficient (Wildman–Crippen LogP) is 2.50. The molecule has 2 aromatic heterocycles. The minimum Gasteiger partial charge on any atom is -0.408 e. The van der Waals surface area contributed by atoms with E-state index in [1.165, 1.54) is 10.1 Å². The molecule has 1 fully saturated rings. The van der Waals surface area contributed by atoms with E-state index in [1.54, 1.807) is 29.5 Å². The van der Waals surface area contributed by atoms with Gasteiger partial charge in [0.15, 0.2) is 5.58 Å². The van der Waals surface area contributed by atoms with Crippen molar-refractivity contribution in [3.63, 3.8) is 0 Å². The van der Waals surface area contributed by atoms with E-state index in [-0.39, 0.29) is 17.9 Å². The summed E-state index contributed by atoms with van der Waals surface area (Å²) in [6, 6.07) is 9.24. The number of nitrogens with zero attached hydrogens (tertiary/aromatic N) is 1. The van der Waals surface area contributed by atoms with E-state index in [1.807, 2.05) is 6.07 Å². The number of carbonyl (C=O) groups is 1. The third kappa shape index (κ3) is 2.59. The van der Waals surface area contributed by atoms with E-state index in [4.69, 9.17) is 4.42 Å². The Morgan fingerprint density at radius 1 is 1.30 bits per heavy atom. The van der Waals surface area contributed by atoms with Crippen molar-refractivity contribution in [2.45, 2.75) is 24.8 Å². The first kappa shape index (κ1) is 14.3. The molecule has 2 heterocycles. The fraction of sp³-hybridized carbons (Fsp3) is 0.294. The van der Waals surface area contributed by atoms with E-state index < -0.39 is 5.76 Å². The first-order valence-electron chi connectivity index (χ1n) is 7.56. The average Bonchev–Trinajstić information content (AvgIpc) is 3.00. The zero-order chi connectivity index (χ0) is 15.9. The van der Waals surface area contributed by atoms with Crippen LogP contribution in [0.1, 0.15) is 18.4 Å². The smallest absolute Gasteiger partial charge is 0.408 e. The Hall–Kier alpha value is -2.34. The third-order valence-corrected chi connectivity index (χ3v) is 5.17. The second-order valence-electron chi connectivity index (χ2n) is 5.99. The van der Waals surface area contributed by atoms with Crippen LogP contribution in [0.15, 0.2) is 50.3 Å². The maximum atomic E-state index is 12.2. The minimum atomic E-state index is -0.500. The van der Waals surface area contributed by atoms with Gasteiger partial charge in [-0.1, -0.05) is 12.1 Å². The van der Waals surface area contributed by atoms with Gasteiger partial charge in [0, 0.05) is 12.0 Å². The van der Waals surface area contributed by atoms with E-state index in [2.05, 4.69) is 22.1 Å². The van der Waals surface area contributed by atoms with E-state index in [0.29, 0.717) is 17.6 Å². The molecule has 23 heavy (non-hydrogen) atoms. The molecule has 1 aromatic carbocycles. The van der Waals surface area contributed by atoms with Gasteiger partial charge in [0.1, 0.15) is 6.54 Å². The van der Waals surface area contributed by atoms with E-state index in [9.17, 15) is 9.59 Å². The van der Waals surface area contributed by atoms with Crippen molar-refractivity contribution in [1.82, 2.24) is 9.88 Å². The first-order chi connectivity index (χ1) is 11.2. The molecule has 1 aliphatic carbocycles. The minimum absolute atomic E-state index is 0.0183. The van der Waals surface area contributed by atoms with Crippen LogP contribution in [0.25, 0.3) is 11.1 Å². The van der Waals surface area contributed by atoms with Gasteiger partial charge in [0.25, 0.3) is 0 Å². The number of rotatable bonds is 5. The molecule has 5 nitrogen and oxygen atoms in total. The predicted molar refractivity (Wildman–Crippen MR) is 88.7 cm³/mol. The number of thiophene rings is 1. The second kappa shape index (κ2) is 5.38. The van der Waals surface area contributed by atoms with Crippen molar-refractivity contribution in [2.24, 2.45) is 0 Å². The summed E-state index contributed by atoms with van der Waals surface area (Å²) in [4.78, 5) is 24.1. The van der Waals surface area contributed by atoms with Crippen LogP contribution in [0.4, 0.5) is 0 Å². The van der Waals surface area contributed by atoms with E-state index >= 15 is 0 Å². The number of fused-ring (bicyclic) bond motifs is 1. The van der Waals surface area contributed by atoms with Gasteiger partial charge in [-0.15, -0.1) is 0 Å². The molecule has 0 saturated heterocycles. The number of nitrogens with one attached hydrogen (secondary N) is 1. The number of hydrogen-bond donors (Lipinski definition) is 1. The molecule has 118 valence electrons. The largest absolute Gasteiger partial charge is 0.420 e. The molecule has 0 atom stereocenters. The molecule has 1 aliphatic rings. The number of amides is 1. The molecule has 1 amide bonds. The third-order valence-electron chi connectivity index (χ3n) is 4.49. The van der Waals surface area contributed by atoms with Crippen molar-refractivity contribution in [3.05, 3.63) is 57.2 Å². The van der Waals surface area contributed by atoms with Gasteiger partial charge in [-0.2, -0.15) is 11.3 Å². The van der Waals surface area contributed by atoms with Gasteiger partial charge in [0.2, 0.25) is 5.91 Å². The second-order valence-corrected chi connectivity index (χ2v) is 6.77. The van der Waals surface area contributed by atoms with Gasteiger partial charge in [0.05, 0.1) is 5.52 Å². The molecular formula is C17H16N2O3S. The highest BCUT2D eigenvalue weighted by Crippen LogP contribution is 2.48. The fourth-order valence-electron chi connectivity index (χ4n) is 2.92. The highest BCUT2D eigenvalue weighted by atomic mass is 32.1. The Labute approximate surface area is 136 Å². The number of para-hydroxylation sites is 2. The number of benzene rings is 1. The van der Waals surface area contributed by atoms with Crippen molar-refractivity contribution >= 4 is 28.3 Å². The lowest BCUT2D eigenvalue weighted by Gasteiger charge is -2.14. The van der Waals surface area contributed by atoms with Crippen molar-refractivity contribution in [3.8, 4) is 0 Å². The van der Waals surface area contributed by atoms with E-state index in [0.717, 1.165) is 12.8 Å². The molecular weight excluding hydrogens is 312 g/mol. The number of carbonyl (C=O) groups excluding carboxylic acids is 1. The summed E-state index contributed by atoms with van der Waals surface area (Å²) in [6.45, 7) is 0.600. The Kier molecular flexibility index (Phi) is 3.34. The van der Waals surface area contributed by atoms with Crippen LogP contribution in [0.3, 0.4) is 0 Å². The monoisotopic (exact) mass is 328 g/mol. The Balaban J connectivity index is 1.46. The fourth-order valence-corrected chi connectivity index (χ4v) is 3.69. The molecule has 0 bridgehead atoms. The lowest BCUT2D eigenvalue weighted by atomic mass is 9.99. The first-order valence-corrected chi connectivity index (χ1v) is 8.50. The molecule has 1 N–H and O–H groups in total. The van der Waals surface area contributed by atoms with Crippen LogP contribution >= 0.6 is 11.3 Å². The lowest BCUT2D eigenvalue weighted by Crippen LogP contribution is -2.35. The summed E-state index contributed by atoms with van der Waals surface area (Å²) in [7, 11) is 0. The number of oxazole rings is 1. The number of hydrogen-bond acceptors (Lipinski definition) is 4. The Bertz CT molecular complexity index is 903. The van der Waals surface area contributed by atoms with Crippen LogP contribution in [0.2, 0.25) is 0 Å². The van der Waals surface area contributed by atoms with Crippen LogP contribution in [0.5, 0.6) is 0 Å². The zero-order valence-electron chi connectivity index (χ0n) is 12.5. The summed E-state index contributed by atoms with van der Waals surface area (Å²) in [5.74, 6) is -0.666. The van der Waals surface area contributed by atoms with Crippen LogP contribution in [0, 0.1) is 0 Å². The molecule has 3 aromatic rings. The average molecular weight is 328 g/mol. The van der Waals surface area contributed by atoms with Gasteiger partial charge >= 0.3 is 5.76 Å². The number of aromatic nitrogens is 1. The molecule has 0 unspecified atom stereocenters. The standard InChI is InChI=1S/C17H16N2O3S/c20-15(18-11-17(6-7-17)12-5-8-23-10-12)9-19-13-3-1-2-4-14(13)22-16(19)21/h1-5,8,10H,6-7,9,11H2,(H,18,20). The van der Waals surface area contributed by atoms with Crippen LogP contribution < -0.4 is 11.1 Å². The summed E-state index contributed by atoms with van der Waals surface area (Å²) in [5.41, 5.74) is 2.54. The lowest BCUT2D eigenvalue weighted by molar-refractivity contribution is -0.121. The maximum Gasteiger partial charge on any atom is 0.420 e. The van der Waals surface area contributed by atoms with Gasteiger partial charge in [-0.05, 0) is 47.4 Å². The molecule has 4 rings (SSSR count). The molecule has 1 saturated carbocycles. The van der Waals surface area contributed by atoms with Gasteiger partial charge < -0.3 is 9.73 Å². The summed E-state index contributed by atoms with van der Waals surface area (Å²) in [5, 5.41) is 7.18. The summed E-state index contributed by atoms with van der Waals surface area (Å²) < 4.78 is 6.52. The van der Waals surface area contributed by atoms with Crippen LogP contribution in [-0.2, 0) is 16.8 Å². The highest BCUT2D eigenvalue weighted by Gasteiger charge is 2.44.